The van der Waals surface area contributed by atoms with Crippen LogP contribution in [0.5, 0.6) is 0 Å². The lowest BCUT2D eigenvalue weighted by molar-refractivity contribution is 0.0906. The van der Waals surface area contributed by atoms with Crippen LogP contribution in [0.3, 0.4) is 0 Å². The van der Waals surface area contributed by atoms with Gasteiger partial charge in [0.15, 0.2) is 5.78 Å². The molecule has 0 aromatic heterocycles. The molecule has 2 aromatic carbocycles. The van der Waals surface area contributed by atoms with Crippen LogP contribution in [0.2, 0.25) is 0 Å². The van der Waals surface area contributed by atoms with Crippen molar-refractivity contribution >= 4 is 5.78 Å². The van der Waals surface area contributed by atoms with Crippen molar-refractivity contribution in [2.75, 3.05) is 0 Å². The Kier molecular flexibility index (Phi) is 5.13. The second-order valence-electron chi connectivity index (χ2n) is 7.93. The molecule has 1 aliphatic rings. The third-order valence-electron chi connectivity index (χ3n) is 6.26. The summed E-state index contributed by atoms with van der Waals surface area (Å²) in [4.78, 5) is 13.6. The lowest BCUT2D eigenvalue weighted by atomic mass is 9.81. The molecule has 0 saturated heterocycles. The number of rotatable bonds is 6. The van der Waals surface area contributed by atoms with E-state index < -0.39 is 0 Å². The van der Waals surface area contributed by atoms with Crippen molar-refractivity contribution in [3.05, 3.63) is 69.3 Å². The van der Waals surface area contributed by atoms with Gasteiger partial charge in [-0.1, -0.05) is 43.2 Å². The Morgan fingerprint density at radius 2 is 1.40 bits per heavy atom. The molecule has 0 N–H and O–H groups in total. The average Bonchev–Trinajstić information content (AvgIpc) is 3.43. The average molecular weight is 335 g/mol. The number of hydrogen-bond donors (Lipinski definition) is 0. The van der Waals surface area contributed by atoms with E-state index in [-0.39, 0.29) is 5.92 Å². The van der Waals surface area contributed by atoms with Gasteiger partial charge in [-0.2, -0.15) is 0 Å². The summed E-state index contributed by atoms with van der Waals surface area (Å²) in [5.74, 6) is 1.22. The van der Waals surface area contributed by atoms with Gasteiger partial charge in [0, 0.05) is 11.5 Å². The summed E-state index contributed by atoms with van der Waals surface area (Å²) < 4.78 is 0. The molecule has 1 atom stereocenters. The largest absolute Gasteiger partial charge is 0.294 e. The van der Waals surface area contributed by atoms with Gasteiger partial charge in [-0.25, -0.2) is 0 Å². The molecular formula is C24H30O. The fraction of sp³-hybridized carbons (Fsp3) is 0.458. The minimum Gasteiger partial charge on any atom is -0.294 e. The van der Waals surface area contributed by atoms with E-state index in [1.165, 1.54) is 46.2 Å². The third-order valence-corrected chi connectivity index (χ3v) is 6.26. The Labute approximate surface area is 152 Å². The van der Waals surface area contributed by atoms with Crippen molar-refractivity contribution in [3.63, 3.8) is 0 Å². The van der Waals surface area contributed by atoms with Crippen LogP contribution in [-0.4, -0.2) is 5.78 Å². The van der Waals surface area contributed by atoms with Crippen molar-refractivity contribution in [2.45, 2.75) is 60.3 Å². The molecule has 0 spiro atoms. The monoisotopic (exact) mass is 334 g/mol. The summed E-state index contributed by atoms with van der Waals surface area (Å²) >= 11 is 0. The molecule has 0 aliphatic heterocycles. The van der Waals surface area contributed by atoms with Gasteiger partial charge < -0.3 is 0 Å². The summed E-state index contributed by atoms with van der Waals surface area (Å²) in [7, 11) is 0. The first-order valence-corrected chi connectivity index (χ1v) is 9.55. The maximum Gasteiger partial charge on any atom is 0.166 e. The summed E-state index contributed by atoms with van der Waals surface area (Å²) in [6.07, 6.45) is 4.49. The zero-order valence-corrected chi connectivity index (χ0v) is 16.3. The maximum atomic E-state index is 13.6. The minimum absolute atomic E-state index is 0.105. The molecule has 3 rings (SSSR count). The molecule has 0 amide bonds. The van der Waals surface area contributed by atoms with Crippen LogP contribution in [0.15, 0.2) is 30.3 Å². The predicted octanol–water partition coefficient (Wildman–Crippen LogP) is 6.07. The van der Waals surface area contributed by atoms with Crippen molar-refractivity contribution < 1.29 is 4.79 Å². The lowest BCUT2D eigenvalue weighted by Gasteiger charge is -2.22. The smallest absolute Gasteiger partial charge is 0.166 e. The lowest BCUT2D eigenvalue weighted by Crippen LogP contribution is -2.21. The minimum atomic E-state index is 0.105. The first-order chi connectivity index (χ1) is 11.9. The quantitative estimate of drug-likeness (QED) is 0.586. The molecule has 25 heavy (non-hydrogen) atoms. The van der Waals surface area contributed by atoms with Gasteiger partial charge in [0.25, 0.3) is 0 Å². The van der Waals surface area contributed by atoms with Gasteiger partial charge in [-0.3, -0.25) is 4.79 Å². The Morgan fingerprint density at radius 3 is 1.92 bits per heavy atom. The summed E-state index contributed by atoms with van der Waals surface area (Å²) in [6.45, 7) is 10.7. The summed E-state index contributed by atoms with van der Waals surface area (Å²) in [5.41, 5.74) is 8.50. The van der Waals surface area contributed by atoms with Crippen LogP contribution >= 0.6 is 0 Å². The third kappa shape index (κ3) is 3.71. The Balaban J connectivity index is 1.97. The molecule has 1 fully saturated rings. The SMILES string of the molecule is Cc1c(C)c(C)c(C(=O)C(Cc2ccccc2)CC2CC2)c(C)c1C. The zero-order chi connectivity index (χ0) is 18.1. The van der Waals surface area contributed by atoms with Crippen molar-refractivity contribution in [1.29, 1.82) is 0 Å². The number of ketones is 1. The van der Waals surface area contributed by atoms with Gasteiger partial charge in [-0.15, -0.1) is 0 Å². The van der Waals surface area contributed by atoms with Crippen LogP contribution < -0.4 is 0 Å². The van der Waals surface area contributed by atoms with Crippen LogP contribution in [0.25, 0.3) is 0 Å². The number of Topliss-reactive ketones (excluding diaryl/α,β-unsaturated/α-hetero) is 1. The van der Waals surface area contributed by atoms with Crippen LogP contribution in [0.1, 0.15) is 63.0 Å². The van der Waals surface area contributed by atoms with Crippen molar-refractivity contribution in [1.82, 2.24) is 0 Å². The topological polar surface area (TPSA) is 17.1 Å². The van der Waals surface area contributed by atoms with Crippen LogP contribution in [0.4, 0.5) is 0 Å². The van der Waals surface area contributed by atoms with Crippen LogP contribution in [-0.2, 0) is 6.42 Å². The molecule has 1 heteroatoms. The summed E-state index contributed by atoms with van der Waals surface area (Å²) in [6, 6.07) is 10.5. The molecule has 0 bridgehead atoms. The Bertz CT molecular complexity index is 752. The summed E-state index contributed by atoms with van der Waals surface area (Å²) in [5, 5.41) is 0. The number of hydrogen-bond acceptors (Lipinski definition) is 1. The van der Waals surface area contributed by atoms with Gasteiger partial charge in [-0.05, 0) is 86.8 Å². The van der Waals surface area contributed by atoms with E-state index in [4.69, 9.17) is 0 Å². The maximum absolute atomic E-state index is 13.6. The van der Waals surface area contributed by atoms with E-state index in [1.54, 1.807) is 0 Å². The van der Waals surface area contributed by atoms with Gasteiger partial charge in [0.1, 0.15) is 0 Å². The zero-order valence-electron chi connectivity index (χ0n) is 16.3. The fourth-order valence-corrected chi connectivity index (χ4v) is 4.01. The normalized spacial score (nSPS) is 15.2. The van der Waals surface area contributed by atoms with Gasteiger partial charge in [0.2, 0.25) is 0 Å². The second-order valence-corrected chi connectivity index (χ2v) is 7.93. The number of carbonyl (C=O) groups excluding carboxylic acids is 1. The standard InChI is InChI=1S/C24H30O/c1-15-16(2)18(4)23(19(5)17(15)3)24(25)22(14-21-11-12-21)13-20-9-7-6-8-10-20/h6-10,21-22H,11-14H2,1-5H3. The molecule has 1 unspecified atom stereocenters. The van der Waals surface area contributed by atoms with Crippen molar-refractivity contribution in [3.8, 4) is 0 Å². The van der Waals surface area contributed by atoms with Crippen LogP contribution in [0, 0.1) is 46.5 Å². The highest BCUT2D eigenvalue weighted by atomic mass is 16.1. The van der Waals surface area contributed by atoms with E-state index in [0.29, 0.717) is 5.78 Å². The van der Waals surface area contributed by atoms with E-state index in [0.717, 1.165) is 24.3 Å². The van der Waals surface area contributed by atoms with Gasteiger partial charge >= 0.3 is 0 Å². The first-order valence-electron chi connectivity index (χ1n) is 9.55. The van der Waals surface area contributed by atoms with E-state index >= 15 is 0 Å². The highest BCUT2D eigenvalue weighted by Gasteiger charge is 2.31. The molecule has 0 radical (unpaired) electrons. The van der Waals surface area contributed by atoms with Crippen molar-refractivity contribution in [2.24, 2.45) is 11.8 Å². The molecular weight excluding hydrogens is 304 g/mol. The molecule has 1 nitrogen and oxygen atoms in total. The predicted molar refractivity (Wildman–Crippen MR) is 105 cm³/mol. The molecule has 0 heterocycles. The second kappa shape index (κ2) is 7.15. The number of benzene rings is 2. The molecule has 2 aromatic rings. The Morgan fingerprint density at radius 1 is 0.880 bits per heavy atom. The Hall–Kier alpha value is -1.89. The van der Waals surface area contributed by atoms with E-state index in [9.17, 15) is 4.79 Å². The van der Waals surface area contributed by atoms with Gasteiger partial charge in [0.05, 0.1) is 0 Å². The first kappa shape index (κ1) is 17.9. The highest BCUT2D eigenvalue weighted by molar-refractivity contribution is 6.01. The fourth-order valence-electron chi connectivity index (χ4n) is 4.01. The van der Waals surface area contributed by atoms with E-state index in [2.05, 4.69) is 58.9 Å². The molecule has 1 aliphatic carbocycles. The highest BCUT2D eigenvalue weighted by Crippen LogP contribution is 2.38. The van der Waals surface area contributed by atoms with E-state index in [1.807, 2.05) is 6.07 Å². The number of carbonyl (C=O) groups is 1. The molecule has 1 saturated carbocycles. The molecule has 132 valence electrons.